The molecule has 19 atom stereocenters. The Hall–Kier alpha value is -2.44. The summed E-state index contributed by atoms with van der Waals surface area (Å²) in [6.45, 7) is 34.4. The molecule has 0 amide bonds. The molecule has 468 valence electrons. The van der Waals surface area contributed by atoms with Crippen molar-refractivity contribution in [1.29, 1.82) is 0 Å². The van der Waals surface area contributed by atoms with Gasteiger partial charge < -0.3 is 46.7 Å². The smallest absolute Gasteiger partial charge is 0.338 e. The van der Waals surface area contributed by atoms with Crippen molar-refractivity contribution in [3.8, 4) is 0 Å². The largest absolute Gasteiger partial charge is 0.458 e. The first kappa shape index (κ1) is 66.0. The zero-order chi connectivity index (χ0) is 60.5. The van der Waals surface area contributed by atoms with Crippen molar-refractivity contribution >= 4 is 54.2 Å². The summed E-state index contributed by atoms with van der Waals surface area (Å²) in [4.78, 5) is 29.2. The molecule has 84 heavy (non-hydrogen) atoms. The van der Waals surface area contributed by atoms with Crippen LogP contribution in [0.4, 0.5) is 0 Å². The Morgan fingerprint density at radius 2 is 1.48 bits per heavy atom. The predicted molar refractivity (Wildman–Crippen MR) is 334 cm³/mol. The Bertz CT molecular complexity index is 2680. The van der Waals surface area contributed by atoms with E-state index in [9.17, 15) is 4.79 Å². The monoisotopic (exact) mass is 1280 g/mol. The number of carbonyl (C=O) groups is 2. The van der Waals surface area contributed by atoms with Gasteiger partial charge in [-0.05, 0) is 133 Å². The van der Waals surface area contributed by atoms with E-state index in [4.69, 9.17) is 46.7 Å². The Labute approximate surface area is 513 Å². The summed E-state index contributed by atoms with van der Waals surface area (Å²) >= 11 is 3.50. The van der Waals surface area contributed by atoms with E-state index in [0.29, 0.717) is 68.0 Å². The van der Waals surface area contributed by atoms with Crippen molar-refractivity contribution in [1.82, 2.24) is 0 Å². The van der Waals surface area contributed by atoms with Gasteiger partial charge in [-0.15, -0.1) is 0 Å². The summed E-state index contributed by atoms with van der Waals surface area (Å²) in [5, 5.41) is -1.41. The molecule has 8 heterocycles. The van der Waals surface area contributed by atoms with Crippen LogP contribution in [0, 0.1) is 23.7 Å². The summed E-state index contributed by atoms with van der Waals surface area (Å²) in [5.74, 6) is -2.67. The summed E-state index contributed by atoms with van der Waals surface area (Å²) in [7, 11) is -8.13. The highest BCUT2D eigenvalue weighted by Gasteiger charge is 2.69. The van der Waals surface area contributed by atoms with Gasteiger partial charge in [0.25, 0.3) is 0 Å². The van der Waals surface area contributed by atoms with Gasteiger partial charge in [-0.25, -0.2) is 13.2 Å². The lowest BCUT2D eigenvalue weighted by Crippen LogP contribution is -2.62. The predicted octanol–water partition coefficient (Wildman–Crippen LogP) is 13.7. The second-order valence-corrected chi connectivity index (χ2v) is 40.2. The number of Topliss-reactive ketones (excluding diaryl/α,β-unsaturated/α-hetero) is 1. The number of sulfone groups is 1. The molecule has 0 saturated carbocycles. The van der Waals surface area contributed by atoms with Crippen LogP contribution in [0.1, 0.15) is 150 Å². The first-order valence-electron chi connectivity index (χ1n) is 31.8. The average molecular weight is 1280 g/mol. The Balaban J connectivity index is 0.961. The van der Waals surface area contributed by atoms with Gasteiger partial charge in [0.05, 0.1) is 53.2 Å². The SMILES string of the molecule is C=C(Br)C[C@@H](CC[C@@]12CC3O[C@H]4C(O1)[C@H]1O[C@@H](CC(=O)C(C5[C@H](CC6O[C@@H](CCCO[Si](CC)(CC)CC)C[C@@H](C)C6=C)O[C@H](C[C@H](C)CO[Si](C)(C)C(C)(C)C)[C@@H]5C)S(=O)(=O)c5ccccc5)CC[C@@H]1O[C@H]4[C@H]3O2)OC(=O)c1ccccc1. The van der Waals surface area contributed by atoms with Gasteiger partial charge >= 0.3 is 5.97 Å². The summed E-state index contributed by atoms with van der Waals surface area (Å²) < 4.78 is 100. The van der Waals surface area contributed by atoms with Crippen LogP contribution in [-0.2, 0) is 61.4 Å². The third kappa shape index (κ3) is 14.6. The van der Waals surface area contributed by atoms with Crippen LogP contribution in [0.15, 0.2) is 88.8 Å². The number of fused-ring (bicyclic) bond motifs is 1. The number of ketones is 1. The zero-order valence-electron chi connectivity index (χ0n) is 52.1. The lowest BCUT2D eigenvalue weighted by atomic mass is 9.78. The van der Waals surface area contributed by atoms with E-state index in [2.05, 4.69) is 104 Å². The van der Waals surface area contributed by atoms with Gasteiger partial charge in [-0.3, -0.25) is 4.79 Å². The van der Waals surface area contributed by atoms with E-state index in [0.717, 1.165) is 49.6 Å². The lowest BCUT2D eigenvalue weighted by Gasteiger charge is -2.47. The molecule has 8 aliphatic rings. The normalized spacial score (nSPS) is 34.2. The van der Waals surface area contributed by atoms with Crippen molar-refractivity contribution in [2.75, 3.05) is 13.2 Å². The zero-order valence-corrected chi connectivity index (χ0v) is 56.5. The van der Waals surface area contributed by atoms with E-state index in [1.807, 2.05) is 6.07 Å². The average Bonchev–Trinajstić information content (AvgIpc) is 1.59. The third-order valence-corrected chi connectivity index (χ3v) is 32.4. The summed E-state index contributed by atoms with van der Waals surface area (Å²) in [6.07, 6.45) is 0.623. The molecular formula is C66H99BrO14SSi2. The first-order chi connectivity index (χ1) is 39.8. The molecule has 8 aliphatic heterocycles. The van der Waals surface area contributed by atoms with E-state index < -0.39 is 97.9 Å². The molecule has 0 spiro atoms. The van der Waals surface area contributed by atoms with Crippen LogP contribution in [0.2, 0.25) is 36.3 Å². The van der Waals surface area contributed by atoms with Crippen molar-refractivity contribution in [3.63, 3.8) is 0 Å². The van der Waals surface area contributed by atoms with Gasteiger partial charge in [0, 0.05) is 51.2 Å². The molecule has 0 aliphatic carbocycles. The number of hydrogen-bond donors (Lipinski definition) is 0. The number of esters is 1. The number of rotatable bonds is 28. The molecule has 2 aromatic carbocycles. The molecule has 0 radical (unpaired) electrons. The van der Waals surface area contributed by atoms with Gasteiger partial charge in [0.1, 0.15) is 41.9 Å². The van der Waals surface area contributed by atoms with Crippen molar-refractivity contribution in [2.45, 2.75) is 271 Å². The van der Waals surface area contributed by atoms with Crippen LogP contribution in [0.3, 0.4) is 0 Å². The van der Waals surface area contributed by atoms with Gasteiger partial charge in [0.15, 0.2) is 38.0 Å². The Morgan fingerprint density at radius 3 is 2.14 bits per heavy atom. The van der Waals surface area contributed by atoms with Crippen LogP contribution in [0.25, 0.3) is 0 Å². The first-order valence-corrected chi connectivity index (χ1v) is 39.6. The molecule has 2 aromatic rings. The quantitative estimate of drug-likeness (QED) is 0.0342. The number of ether oxygens (including phenoxy) is 8. The van der Waals surface area contributed by atoms with Crippen molar-refractivity contribution in [2.24, 2.45) is 23.7 Å². The molecule has 6 bridgehead atoms. The van der Waals surface area contributed by atoms with Crippen molar-refractivity contribution in [3.05, 3.63) is 89.4 Å². The van der Waals surface area contributed by atoms with E-state index in [1.54, 1.807) is 54.6 Å². The molecule has 18 heteroatoms. The maximum atomic E-state index is 15.8. The summed E-state index contributed by atoms with van der Waals surface area (Å²) in [5.41, 5.74) is 1.44. The number of benzene rings is 2. The standard InChI is InChI=1S/C66H99BrO14SSi2/c1-14-84(15-2,16-3)72-33-23-26-47-35-42(5)44(7)54(74-47)38-55-57(45(8)53(77-55)34-41(4)40-73-83(12,13)65(9,10)11)63(82(70,71)50-27-21-18-22-28-50)51(68)37-48-29-30-52-58(75-48)62-61-60(78-52)59-56(79-61)39-66(80-59,81-62)32-31-49(36-43(6)67)76-64(69)46-24-19-17-20-25-46/h17-22,24-25,27-28,41-42,45,47-49,52-63H,6-7,14-16,23,26,29-40H2,1-5,8-13H3/t41-,42+,45-,47-,48+,49+,52-,53+,54?,55-,56?,57?,58-,59-,60-,61+,62?,63?,66-/m0/s1. The number of halogens is 1. The minimum Gasteiger partial charge on any atom is -0.458 e. The van der Waals surface area contributed by atoms with Gasteiger partial charge in [-0.2, -0.15) is 0 Å². The highest BCUT2D eigenvalue weighted by molar-refractivity contribution is 9.11. The molecule has 5 unspecified atom stereocenters. The van der Waals surface area contributed by atoms with Crippen LogP contribution >= 0.6 is 15.9 Å². The molecule has 0 aromatic heterocycles. The van der Waals surface area contributed by atoms with Crippen molar-refractivity contribution < 1.29 is 64.8 Å². The lowest BCUT2D eigenvalue weighted by molar-refractivity contribution is -0.292. The van der Waals surface area contributed by atoms with Crippen LogP contribution in [-0.4, -0.2) is 140 Å². The minimum absolute atomic E-state index is 0.0242. The Kier molecular flexibility index (Phi) is 21.5. The highest BCUT2D eigenvalue weighted by Crippen LogP contribution is 2.55. The second-order valence-electron chi connectivity index (χ2n) is 27.5. The maximum Gasteiger partial charge on any atom is 0.338 e. The molecule has 0 N–H and O–H groups in total. The molecule has 8 fully saturated rings. The van der Waals surface area contributed by atoms with E-state index in [1.165, 1.54) is 0 Å². The topological polar surface area (TPSA) is 161 Å². The number of hydrogen-bond acceptors (Lipinski definition) is 14. The van der Waals surface area contributed by atoms with Gasteiger partial charge in [-0.1, -0.05) is 128 Å². The molecule has 8 saturated heterocycles. The second kappa shape index (κ2) is 27.3. The van der Waals surface area contributed by atoms with E-state index >= 15 is 13.2 Å². The fourth-order valence-corrected chi connectivity index (χ4v) is 20.7. The molecular weight excluding hydrogens is 1180 g/mol. The fourth-order valence-electron chi connectivity index (χ4n) is 14.5. The van der Waals surface area contributed by atoms with Crippen LogP contribution in [0.5, 0.6) is 0 Å². The highest BCUT2D eigenvalue weighted by atomic mass is 79.9. The molecule has 10 rings (SSSR count). The fraction of sp³-hybridized carbons (Fsp3) is 0.727. The molecule has 14 nitrogen and oxygen atoms in total. The summed E-state index contributed by atoms with van der Waals surface area (Å²) in [6, 6.07) is 20.7. The van der Waals surface area contributed by atoms with Crippen LogP contribution < -0.4 is 0 Å². The minimum atomic E-state index is -4.32. The maximum absolute atomic E-state index is 15.8. The third-order valence-electron chi connectivity index (χ3n) is 20.7. The van der Waals surface area contributed by atoms with E-state index in [-0.39, 0.29) is 70.7 Å². The number of carbonyl (C=O) groups excluding carboxylic acids is 2. The Morgan fingerprint density at radius 1 is 0.821 bits per heavy atom. The van der Waals surface area contributed by atoms with Gasteiger partial charge in [0.2, 0.25) is 0 Å².